The molecule has 5 rings (SSSR count). The molecular formula is C26H26N4O5. The van der Waals surface area contributed by atoms with Crippen LogP contribution in [-0.4, -0.2) is 39.9 Å². The second-order valence-corrected chi connectivity index (χ2v) is 8.22. The van der Waals surface area contributed by atoms with Gasteiger partial charge in [0, 0.05) is 29.7 Å². The Bertz CT molecular complexity index is 1410. The van der Waals surface area contributed by atoms with Crippen molar-refractivity contribution in [1.29, 1.82) is 0 Å². The molecular weight excluding hydrogens is 448 g/mol. The standard InChI is InChI=1S/C26H26N4O5/c1-2-3-12-33-20-7-4-18(5-8-20)21-16-22-26(32)29(10-11-30(22)28-21)17-25(31)27-19-6-9-23-24(15-19)35-14-13-34-23/h4-11,15-16H,2-3,12-14,17H2,1H3,(H,27,31). The average Bonchev–Trinajstić information content (AvgIpc) is 3.31. The van der Waals surface area contributed by atoms with Crippen LogP contribution in [0.3, 0.4) is 0 Å². The van der Waals surface area contributed by atoms with Crippen molar-refractivity contribution in [2.75, 3.05) is 25.1 Å². The third kappa shape index (κ3) is 4.98. The van der Waals surface area contributed by atoms with Gasteiger partial charge in [0.15, 0.2) is 11.5 Å². The van der Waals surface area contributed by atoms with Gasteiger partial charge in [-0.15, -0.1) is 0 Å². The minimum atomic E-state index is -0.327. The van der Waals surface area contributed by atoms with Gasteiger partial charge in [0.25, 0.3) is 5.56 Å². The van der Waals surface area contributed by atoms with Gasteiger partial charge in [-0.05, 0) is 48.9 Å². The summed E-state index contributed by atoms with van der Waals surface area (Å²) in [5, 5.41) is 7.32. The first-order valence-corrected chi connectivity index (χ1v) is 11.6. The minimum Gasteiger partial charge on any atom is -0.494 e. The van der Waals surface area contributed by atoms with Crippen LogP contribution >= 0.6 is 0 Å². The first-order valence-electron chi connectivity index (χ1n) is 11.6. The van der Waals surface area contributed by atoms with Crippen molar-refractivity contribution in [1.82, 2.24) is 14.2 Å². The summed E-state index contributed by atoms with van der Waals surface area (Å²) < 4.78 is 19.6. The molecule has 0 atom stereocenters. The number of unbranched alkanes of at least 4 members (excludes halogenated alkanes) is 1. The predicted molar refractivity (Wildman–Crippen MR) is 131 cm³/mol. The van der Waals surface area contributed by atoms with Crippen molar-refractivity contribution in [2.24, 2.45) is 0 Å². The van der Waals surface area contributed by atoms with E-state index in [1.165, 1.54) is 9.08 Å². The Morgan fingerprint density at radius 3 is 2.66 bits per heavy atom. The van der Waals surface area contributed by atoms with Gasteiger partial charge >= 0.3 is 0 Å². The molecule has 35 heavy (non-hydrogen) atoms. The van der Waals surface area contributed by atoms with E-state index in [-0.39, 0.29) is 18.0 Å². The van der Waals surface area contributed by atoms with E-state index in [4.69, 9.17) is 14.2 Å². The Labute approximate surface area is 201 Å². The number of benzene rings is 2. The van der Waals surface area contributed by atoms with E-state index < -0.39 is 0 Å². The van der Waals surface area contributed by atoms with Crippen LogP contribution in [0.4, 0.5) is 5.69 Å². The number of nitrogens with one attached hydrogen (secondary N) is 1. The van der Waals surface area contributed by atoms with Crippen LogP contribution < -0.4 is 25.1 Å². The third-order valence-corrected chi connectivity index (χ3v) is 5.66. The largest absolute Gasteiger partial charge is 0.494 e. The molecule has 9 nitrogen and oxygen atoms in total. The van der Waals surface area contributed by atoms with Gasteiger partial charge in [-0.25, -0.2) is 4.52 Å². The van der Waals surface area contributed by atoms with Crippen LogP contribution in [-0.2, 0) is 11.3 Å². The fourth-order valence-corrected chi connectivity index (χ4v) is 3.82. The lowest BCUT2D eigenvalue weighted by molar-refractivity contribution is -0.116. The maximum absolute atomic E-state index is 13.0. The molecule has 9 heteroatoms. The number of carbonyl (C=O) groups is 1. The lowest BCUT2D eigenvalue weighted by Crippen LogP contribution is -2.28. The van der Waals surface area contributed by atoms with Crippen LogP contribution in [0, 0.1) is 0 Å². The number of fused-ring (bicyclic) bond motifs is 2. The van der Waals surface area contributed by atoms with Crippen molar-refractivity contribution >= 4 is 17.1 Å². The highest BCUT2D eigenvalue weighted by atomic mass is 16.6. The molecule has 1 amide bonds. The monoisotopic (exact) mass is 474 g/mol. The summed E-state index contributed by atoms with van der Waals surface area (Å²) in [4.78, 5) is 25.6. The fourth-order valence-electron chi connectivity index (χ4n) is 3.82. The SMILES string of the molecule is CCCCOc1ccc(-c2cc3c(=O)n(CC(=O)Nc4ccc5c(c4)OCCO5)ccn3n2)cc1. The maximum Gasteiger partial charge on any atom is 0.277 e. The maximum atomic E-state index is 13.0. The number of aromatic nitrogens is 3. The van der Waals surface area contributed by atoms with Crippen molar-refractivity contribution in [3.05, 3.63) is 71.3 Å². The normalized spacial score (nSPS) is 12.5. The minimum absolute atomic E-state index is 0.131. The predicted octanol–water partition coefficient (Wildman–Crippen LogP) is 3.75. The summed E-state index contributed by atoms with van der Waals surface area (Å²) in [6.07, 6.45) is 5.31. The first-order chi connectivity index (χ1) is 17.1. The second-order valence-electron chi connectivity index (χ2n) is 8.22. The molecule has 2 aromatic carbocycles. The summed E-state index contributed by atoms with van der Waals surface area (Å²) in [5.74, 6) is 1.70. The lowest BCUT2D eigenvalue weighted by atomic mass is 10.1. The number of ether oxygens (including phenoxy) is 3. The zero-order chi connectivity index (χ0) is 24.2. The molecule has 0 radical (unpaired) electrons. The molecule has 1 aliphatic rings. The van der Waals surface area contributed by atoms with Crippen molar-refractivity contribution in [3.63, 3.8) is 0 Å². The fraction of sp³-hybridized carbons (Fsp3) is 0.269. The van der Waals surface area contributed by atoms with Crippen molar-refractivity contribution in [3.8, 4) is 28.5 Å². The Kier molecular flexibility index (Phi) is 6.38. The molecule has 1 aliphatic heterocycles. The highest BCUT2D eigenvalue weighted by Crippen LogP contribution is 2.32. The van der Waals surface area contributed by atoms with Crippen molar-refractivity contribution < 1.29 is 19.0 Å². The van der Waals surface area contributed by atoms with E-state index in [9.17, 15) is 9.59 Å². The Morgan fingerprint density at radius 2 is 1.86 bits per heavy atom. The molecule has 0 unspecified atom stereocenters. The molecule has 0 saturated carbocycles. The van der Waals surface area contributed by atoms with Crippen LogP contribution in [0.1, 0.15) is 19.8 Å². The number of hydrogen-bond acceptors (Lipinski definition) is 6. The molecule has 0 bridgehead atoms. The average molecular weight is 475 g/mol. The molecule has 0 fully saturated rings. The van der Waals surface area contributed by atoms with Gasteiger partial charge in [0.2, 0.25) is 5.91 Å². The Morgan fingerprint density at radius 1 is 1.06 bits per heavy atom. The smallest absolute Gasteiger partial charge is 0.277 e. The van der Waals surface area contributed by atoms with Gasteiger partial charge in [0.1, 0.15) is 31.0 Å². The van der Waals surface area contributed by atoms with Gasteiger partial charge in [-0.2, -0.15) is 5.10 Å². The van der Waals surface area contributed by atoms with Gasteiger partial charge in [0.05, 0.1) is 12.3 Å². The first kappa shape index (κ1) is 22.5. The highest BCUT2D eigenvalue weighted by Gasteiger charge is 2.14. The number of nitrogens with zero attached hydrogens (tertiary/aromatic N) is 3. The molecule has 3 heterocycles. The van der Waals surface area contributed by atoms with E-state index in [1.54, 1.807) is 36.7 Å². The zero-order valence-corrected chi connectivity index (χ0v) is 19.4. The molecule has 0 aliphatic carbocycles. The van der Waals surface area contributed by atoms with Gasteiger partial charge in [-0.1, -0.05) is 13.3 Å². The number of rotatable bonds is 8. The van der Waals surface area contributed by atoms with Crippen molar-refractivity contribution in [2.45, 2.75) is 26.3 Å². The van der Waals surface area contributed by atoms with Gasteiger partial charge in [-0.3, -0.25) is 9.59 Å². The highest BCUT2D eigenvalue weighted by molar-refractivity contribution is 5.91. The second kappa shape index (κ2) is 9.92. The number of anilines is 1. The molecule has 0 spiro atoms. The zero-order valence-electron chi connectivity index (χ0n) is 19.4. The lowest BCUT2D eigenvalue weighted by Gasteiger charge is -2.19. The van der Waals surface area contributed by atoms with Crippen LogP contribution in [0.2, 0.25) is 0 Å². The van der Waals surface area contributed by atoms with E-state index in [0.29, 0.717) is 48.2 Å². The molecule has 1 N–H and O–H groups in total. The molecule has 4 aromatic rings. The van der Waals surface area contributed by atoms with Crippen LogP contribution in [0.25, 0.3) is 16.8 Å². The summed E-state index contributed by atoms with van der Waals surface area (Å²) >= 11 is 0. The summed E-state index contributed by atoms with van der Waals surface area (Å²) in [7, 11) is 0. The summed E-state index contributed by atoms with van der Waals surface area (Å²) in [6.45, 7) is 3.64. The van der Waals surface area contributed by atoms with Crippen LogP contribution in [0.15, 0.2) is 65.7 Å². The van der Waals surface area contributed by atoms with Crippen LogP contribution in [0.5, 0.6) is 17.2 Å². The van der Waals surface area contributed by atoms with Gasteiger partial charge < -0.3 is 24.1 Å². The molecule has 0 saturated heterocycles. The Balaban J connectivity index is 1.30. The number of amides is 1. The van der Waals surface area contributed by atoms with E-state index >= 15 is 0 Å². The van der Waals surface area contributed by atoms with E-state index in [0.717, 1.165) is 24.2 Å². The summed E-state index contributed by atoms with van der Waals surface area (Å²) in [6, 6.07) is 14.6. The third-order valence-electron chi connectivity index (χ3n) is 5.66. The quantitative estimate of drug-likeness (QED) is 0.391. The summed E-state index contributed by atoms with van der Waals surface area (Å²) in [5.41, 5.74) is 2.20. The Hall–Kier alpha value is -4.27. The number of carbonyl (C=O) groups excluding carboxylic acids is 1. The topological polar surface area (TPSA) is 96.1 Å². The van der Waals surface area contributed by atoms with E-state index in [1.807, 2.05) is 24.3 Å². The molecule has 180 valence electrons. The molecule has 2 aromatic heterocycles. The van der Waals surface area contributed by atoms with E-state index in [2.05, 4.69) is 17.3 Å². The number of hydrogen-bond donors (Lipinski definition) is 1.